The molecule has 1 N–H and O–H groups in total. The van der Waals surface area contributed by atoms with Crippen LogP contribution in [-0.2, 0) is 13.0 Å². The van der Waals surface area contributed by atoms with Crippen LogP contribution in [-0.4, -0.2) is 9.97 Å². The molecule has 110 valence electrons. The number of thiophene rings is 1. The molecule has 3 aromatic rings. The number of hydrogen-bond donors (Lipinski definition) is 1. The van der Waals surface area contributed by atoms with Gasteiger partial charge in [0.15, 0.2) is 0 Å². The third-order valence-corrected chi connectivity index (χ3v) is 4.18. The van der Waals surface area contributed by atoms with Gasteiger partial charge in [-0.05, 0) is 42.3 Å². The van der Waals surface area contributed by atoms with Crippen LogP contribution < -0.4 is 5.32 Å². The van der Waals surface area contributed by atoms with Crippen molar-refractivity contribution in [1.29, 1.82) is 0 Å². The lowest BCUT2D eigenvalue weighted by atomic mass is 10.0. The van der Waals surface area contributed by atoms with E-state index < -0.39 is 0 Å². The van der Waals surface area contributed by atoms with E-state index in [1.54, 1.807) is 17.6 Å². The Morgan fingerprint density at radius 1 is 1.33 bits per heavy atom. The van der Waals surface area contributed by atoms with E-state index in [2.05, 4.69) is 34.5 Å². The lowest BCUT2D eigenvalue weighted by Gasteiger charge is -2.09. The van der Waals surface area contributed by atoms with E-state index in [1.165, 1.54) is 5.56 Å². The molecule has 0 spiro atoms. The number of hydrogen-bond acceptors (Lipinski definition) is 5. The summed E-state index contributed by atoms with van der Waals surface area (Å²) in [5.74, 6) is 3.22. The SMILES string of the molecule is Cc1nc(NCc2ccco2)c2c(CC(C)C)csc2n1. The first kappa shape index (κ1) is 14.1. The summed E-state index contributed by atoms with van der Waals surface area (Å²) in [5.41, 5.74) is 1.33. The first-order valence-corrected chi connectivity index (χ1v) is 8.02. The van der Waals surface area contributed by atoms with Crippen LogP contribution in [0.15, 0.2) is 28.2 Å². The van der Waals surface area contributed by atoms with Gasteiger partial charge in [0.2, 0.25) is 0 Å². The zero-order valence-electron chi connectivity index (χ0n) is 12.5. The number of furan rings is 1. The molecule has 0 fully saturated rings. The molecular weight excluding hydrogens is 282 g/mol. The molecule has 0 aliphatic heterocycles. The lowest BCUT2D eigenvalue weighted by Crippen LogP contribution is -2.04. The molecule has 0 aliphatic carbocycles. The summed E-state index contributed by atoms with van der Waals surface area (Å²) < 4.78 is 5.37. The van der Waals surface area contributed by atoms with E-state index in [9.17, 15) is 0 Å². The third kappa shape index (κ3) is 3.08. The van der Waals surface area contributed by atoms with E-state index >= 15 is 0 Å². The fourth-order valence-corrected chi connectivity index (χ4v) is 3.41. The van der Waals surface area contributed by atoms with Crippen molar-refractivity contribution < 1.29 is 4.42 Å². The van der Waals surface area contributed by atoms with Crippen molar-refractivity contribution in [2.24, 2.45) is 5.92 Å². The van der Waals surface area contributed by atoms with Crippen LogP contribution in [0.2, 0.25) is 0 Å². The second-order valence-electron chi connectivity index (χ2n) is 5.59. The zero-order valence-corrected chi connectivity index (χ0v) is 13.3. The molecule has 3 aromatic heterocycles. The molecule has 21 heavy (non-hydrogen) atoms. The largest absolute Gasteiger partial charge is 0.467 e. The minimum atomic E-state index is 0.613. The number of aromatic nitrogens is 2. The van der Waals surface area contributed by atoms with E-state index in [0.29, 0.717) is 12.5 Å². The maximum absolute atomic E-state index is 5.37. The quantitative estimate of drug-likeness (QED) is 0.758. The van der Waals surface area contributed by atoms with E-state index in [-0.39, 0.29) is 0 Å². The van der Waals surface area contributed by atoms with E-state index in [4.69, 9.17) is 4.42 Å². The van der Waals surface area contributed by atoms with Gasteiger partial charge in [0, 0.05) is 0 Å². The predicted octanol–water partition coefficient (Wildman–Crippen LogP) is 4.40. The summed E-state index contributed by atoms with van der Waals surface area (Å²) in [5, 5.41) is 6.76. The van der Waals surface area contributed by atoms with Crippen molar-refractivity contribution in [2.75, 3.05) is 5.32 Å². The fraction of sp³-hybridized carbons (Fsp3) is 0.375. The molecule has 0 bridgehead atoms. The van der Waals surface area contributed by atoms with Gasteiger partial charge in [-0.3, -0.25) is 0 Å². The van der Waals surface area contributed by atoms with Crippen LogP contribution in [0.25, 0.3) is 10.2 Å². The Kier molecular flexibility index (Phi) is 3.92. The monoisotopic (exact) mass is 301 g/mol. The molecule has 0 atom stereocenters. The van der Waals surface area contributed by atoms with Crippen LogP contribution in [0.1, 0.15) is 31.0 Å². The maximum atomic E-state index is 5.37. The van der Waals surface area contributed by atoms with Crippen molar-refractivity contribution in [3.63, 3.8) is 0 Å². The summed E-state index contributed by atoms with van der Waals surface area (Å²) >= 11 is 1.69. The Bertz CT molecular complexity index is 731. The summed E-state index contributed by atoms with van der Waals surface area (Å²) in [4.78, 5) is 10.2. The molecule has 3 rings (SSSR count). The summed E-state index contributed by atoms with van der Waals surface area (Å²) in [6.07, 6.45) is 2.73. The molecule has 0 aromatic carbocycles. The second-order valence-corrected chi connectivity index (χ2v) is 6.45. The molecular formula is C16H19N3OS. The Morgan fingerprint density at radius 2 is 2.19 bits per heavy atom. The molecule has 0 unspecified atom stereocenters. The second kappa shape index (κ2) is 5.85. The Morgan fingerprint density at radius 3 is 2.90 bits per heavy atom. The lowest BCUT2D eigenvalue weighted by molar-refractivity contribution is 0.518. The molecule has 5 heteroatoms. The van der Waals surface area contributed by atoms with E-state index in [0.717, 1.165) is 34.0 Å². The van der Waals surface area contributed by atoms with Crippen LogP contribution in [0.3, 0.4) is 0 Å². The summed E-state index contributed by atoms with van der Waals surface area (Å²) in [7, 11) is 0. The van der Waals surface area contributed by atoms with Gasteiger partial charge in [0.1, 0.15) is 22.2 Å². The Hall–Kier alpha value is -1.88. The molecule has 0 saturated heterocycles. The summed E-state index contributed by atoms with van der Waals surface area (Å²) in [6, 6.07) is 3.85. The Labute approximate surface area is 128 Å². The highest BCUT2D eigenvalue weighted by Gasteiger charge is 2.14. The molecule has 0 saturated carbocycles. The van der Waals surface area contributed by atoms with Gasteiger partial charge in [0.25, 0.3) is 0 Å². The fourth-order valence-electron chi connectivity index (χ4n) is 2.41. The first-order valence-electron chi connectivity index (χ1n) is 7.14. The van der Waals surface area contributed by atoms with Crippen molar-refractivity contribution >= 4 is 27.4 Å². The first-order chi connectivity index (χ1) is 10.1. The number of fused-ring (bicyclic) bond motifs is 1. The maximum Gasteiger partial charge on any atom is 0.139 e. The smallest absolute Gasteiger partial charge is 0.139 e. The molecule has 3 heterocycles. The van der Waals surface area contributed by atoms with Gasteiger partial charge in [0.05, 0.1) is 18.2 Å². The topological polar surface area (TPSA) is 51.0 Å². The number of rotatable bonds is 5. The molecule has 0 aliphatic rings. The normalized spacial score (nSPS) is 11.4. The minimum absolute atomic E-state index is 0.613. The van der Waals surface area contributed by atoms with Crippen molar-refractivity contribution in [3.8, 4) is 0 Å². The van der Waals surface area contributed by atoms with Crippen molar-refractivity contribution in [3.05, 3.63) is 40.9 Å². The summed E-state index contributed by atoms with van der Waals surface area (Å²) in [6.45, 7) is 7.03. The standard InChI is InChI=1S/C16H19N3OS/c1-10(2)7-12-9-21-16-14(12)15(18-11(3)19-16)17-8-13-5-4-6-20-13/h4-6,9-10H,7-8H2,1-3H3,(H,17,18,19). The van der Waals surface area contributed by atoms with Crippen LogP contribution >= 0.6 is 11.3 Å². The van der Waals surface area contributed by atoms with E-state index in [1.807, 2.05) is 19.1 Å². The number of nitrogens with zero attached hydrogens (tertiary/aromatic N) is 2. The average Bonchev–Trinajstić information content (AvgIpc) is 3.05. The molecule has 4 nitrogen and oxygen atoms in total. The van der Waals surface area contributed by atoms with Gasteiger partial charge in [-0.25, -0.2) is 9.97 Å². The van der Waals surface area contributed by atoms with Crippen molar-refractivity contribution in [1.82, 2.24) is 9.97 Å². The highest BCUT2D eigenvalue weighted by atomic mass is 32.1. The van der Waals surface area contributed by atoms with Crippen molar-refractivity contribution in [2.45, 2.75) is 33.7 Å². The zero-order chi connectivity index (χ0) is 14.8. The van der Waals surface area contributed by atoms with Gasteiger partial charge in [-0.1, -0.05) is 13.8 Å². The third-order valence-electron chi connectivity index (χ3n) is 3.26. The van der Waals surface area contributed by atoms with Gasteiger partial charge in [-0.15, -0.1) is 11.3 Å². The highest BCUT2D eigenvalue weighted by molar-refractivity contribution is 7.17. The molecule has 0 amide bonds. The predicted molar refractivity (Wildman–Crippen MR) is 86.7 cm³/mol. The minimum Gasteiger partial charge on any atom is -0.467 e. The van der Waals surface area contributed by atoms with Crippen LogP contribution in [0.4, 0.5) is 5.82 Å². The number of aryl methyl sites for hydroxylation is 1. The van der Waals surface area contributed by atoms with Gasteiger partial charge < -0.3 is 9.73 Å². The highest BCUT2D eigenvalue weighted by Crippen LogP contribution is 2.31. The molecule has 0 radical (unpaired) electrons. The number of nitrogens with one attached hydrogen (secondary N) is 1. The van der Waals surface area contributed by atoms with Crippen LogP contribution in [0.5, 0.6) is 0 Å². The van der Waals surface area contributed by atoms with Gasteiger partial charge >= 0.3 is 0 Å². The number of anilines is 1. The average molecular weight is 301 g/mol. The van der Waals surface area contributed by atoms with Gasteiger partial charge in [-0.2, -0.15) is 0 Å². The van der Waals surface area contributed by atoms with Crippen LogP contribution in [0, 0.1) is 12.8 Å². The Balaban J connectivity index is 1.96.